The van der Waals surface area contributed by atoms with Crippen molar-refractivity contribution in [1.82, 2.24) is 9.96 Å². The Balaban J connectivity index is 2.48. The minimum absolute atomic E-state index is 0.0801. The van der Waals surface area contributed by atoms with Crippen molar-refractivity contribution in [2.45, 2.75) is 12.3 Å². The van der Waals surface area contributed by atoms with Crippen molar-refractivity contribution in [3.8, 4) is 0 Å². The van der Waals surface area contributed by atoms with Gasteiger partial charge < -0.3 is 5.11 Å². The third-order valence-electron chi connectivity index (χ3n) is 3.44. The van der Waals surface area contributed by atoms with Crippen molar-refractivity contribution in [1.29, 1.82) is 0 Å². The molecule has 2 aliphatic rings. The molecule has 0 aromatic heterocycles. The van der Waals surface area contributed by atoms with Gasteiger partial charge in [0.05, 0.1) is 18.4 Å². The topological polar surface area (TPSA) is 121 Å². The second kappa shape index (κ2) is 5.21. The van der Waals surface area contributed by atoms with Gasteiger partial charge in [-0.2, -0.15) is 0 Å². The van der Waals surface area contributed by atoms with E-state index in [4.69, 9.17) is 5.11 Å². The second-order valence-corrected chi connectivity index (χ2v) is 6.95. The average molecular weight is 330 g/mol. The molecule has 1 atom stereocenters. The first-order chi connectivity index (χ1) is 10.1. The van der Waals surface area contributed by atoms with Gasteiger partial charge in [0.15, 0.2) is 15.2 Å². The molecule has 0 aromatic carbocycles. The molecule has 2 aliphatic heterocycles. The van der Waals surface area contributed by atoms with Gasteiger partial charge in [-0.1, -0.05) is 0 Å². The molecule has 0 unspecified atom stereocenters. The summed E-state index contributed by atoms with van der Waals surface area (Å²) in [4.78, 5) is 40.4. The lowest BCUT2D eigenvalue weighted by atomic mass is 10.0. The zero-order valence-electron chi connectivity index (χ0n) is 12.1. The molecule has 22 heavy (non-hydrogen) atoms. The van der Waals surface area contributed by atoms with Gasteiger partial charge >= 0.3 is 5.97 Å². The Kier molecular flexibility index (Phi) is 3.83. The Morgan fingerprint density at radius 1 is 1.45 bits per heavy atom. The molecule has 2 heterocycles. The third kappa shape index (κ3) is 2.29. The summed E-state index contributed by atoms with van der Waals surface area (Å²) in [6.07, 6.45) is 0.852. The van der Waals surface area contributed by atoms with Gasteiger partial charge in [-0.25, -0.2) is 18.3 Å². The third-order valence-corrected chi connectivity index (χ3v) is 5.42. The summed E-state index contributed by atoms with van der Waals surface area (Å²) in [5.74, 6) is -3.40. The van der Waals surface area contributed by atoms with Crippen molar-refractivity contribution < 1.29 is 32.7 Å². The fraction of sp³-hybridized carbons (Fsp3) is 0.417. The monoisotopic (exact) mass is 330 g/mol. The van der Waals surface area contributed by atoms with Gasteiger partial charge in [0, 0.05) is 13.1 Å². The van der Waals surface area contributed by atoms with E-state index in [2.05, 4.69) is 4.84 Å². The molecule has 2 amide bonds. The van der Waals surface area contributed by atoms with Crippen LogP contribution in [0.25, 0.3) is 0 Å². The highest BCUT2D eigenvalue weighted by molar-refractivity contribution is 7.92. The molecule has 2 rings (SSSR count). The lowest BCUT2D eigenvalue weighted by Gasteiger charge is -2.45. The predicted octanol–water partition coefficient (Wildman–Crippen LogP) is -1.11. The molecule has 9 nitrogen and oxygen atoms in total. The smallest absolute Gasteiger partial charge is 0.352 e. The predicted molar refractivity (Wildman–Crippen MR) is 72.6 cm³/mol. The van der Waals surface area contributed by atoms with Crippen molar-refractivity contribution in [3.63, 3.8) is 0 Å². The van der Waals surface area contributed by atoms with Crippen LogP contribution in [0.1, 0.15) is 6.92 Å². The zero-order valence-corrected chi connectivity index (χ0v) is 12.9. The van der Waals surface area contributed by atoms with Crippen LogP contribution in [0.3, 0.4) is 0 Å². The van der Waals surface area contributed by atoms with Gasteiger partial charge in [0.25, 0.3) is 11.8 Å². The van der Waals surface area contributed by atoms with Crippen LogP contribution < -0.4 is 0 Å². The molecule has 1 saturated heterocycles. The fourth-order valence-corrected chi connectivity index (χ4v) is 4.36. The number of hydroxylamine groups is 2. The van der Waals surface area contributed by atoms with Gasteiger partial charge in [0.1, 0.15) is 5.70 Å². The minimum Gasteiger partial charge on any atom is -0.477 e. The van der Waals surface area contributed by atoms with E-state index in [9.17, 15) is 22.8 Å². The molecule has 1 N–H and O–H groups in total. The number of β-lactam (4-membered cyclic amide) rings is 1. The Hall–Kier alpha value is -2.20. The Morgan fingerprint density at radius 2 is 2.05 bits per heavy atom. The minimum atomic E-state index is -3.80. The molecule has 0 spiro atoms. The number of hydrogen-bond donors (Lipinski definition) is 1. The standard InChI is InChI=1S/C12H14N2O7S/c1-6-5-22(19,20)11-7(4-8(15)13(2)21-3)10(16)14(11)9(6)12(17)18/h4,11H,5H2,1-3H3,(H,17,18)/b7-4-/t11-/m1/s1. The number of nitrogens with zero attached hydrogens (tertiary/aromatic N) is 2. The Bertz CT molecular complexity index is 735. The number of rotatable bonds is 3. The quantitative estimate of drug-likeness (QED) is 0.395. The average Bonchev–Trinajstić information content (AvgIpc) is 2.41. The summed E-state index contributed by atoms with van der Waals surface area (Å²) < 4.78 is 24.4. The van der Waals surface area contributed by atoms with E-state index in [1.54, 1.807) is 0 Å². The molecular formula is C12H14N2O7S. The molecular weight excluding hydrogens is 316 g/mol. The lowest BCUT2D eigenvalue weighted by Crippen LogP contribution is -2.62. The summed E-state index contributed by atoms with van der Waals surface area (Å²) in [6, 6.07) is 0. The normalized spacial score (nSPS) is 24.9. The highest BCUT2D eigenvalue weighted by Gasteiger charge is 2.56. The first kappa shape index (κ1) is 16.2. The molecule has 120 valence electrons. The number of aliphatic carboxylic acids is 1. The van der Waals surface area contributed by atoms with Gasteiger partial charge in [-0.05, 0) is 12.5 Å². The molecule has 1 fully saturated rings. The van der Waals surface area contributed by atoms with Crippen LogP contribution in [0.15, 0.2) is 22.9 Å². The highest BCUT2D eigenvalue weighted by Crippen LogP contribution is 2.39. The summed E-state index contributed by atoms with van der Waals surface area (Å²) in [6.45, 7) is 1.34. The van der Waals surface area contributed by atoms with Crippen molar-refractivity contribution in [3.05, 3.63) is 22.9 Å². The maximum absolute atomic E-state index is 12.2. The molecule has 0 aromatic rings. The van der Waals surface area contributed by atoms with E-state index in [0.29, 0.717) is 4.90 Å². The highest BCUT2D eigenvalue weighted by atomic mass is 32.2. The van der Waals surface area contributed by atoms with Crippen LogP contribution in [0.4, 0.5) is 0 Å². The molecule has 10 heteroatoms. The van der Waals surface area contributed by atoms with E-state index in [1.807, 2.05) is 0 Å². The second-order valence-electron chi connectivity index (χ2n) is 4.89. The lowest BCUT2D eigenvalue weighted by molar-refractivity contribution is -0.163. The first-order valence-electron chi connectivity index (χ1n) is 6.13. The maximum atomic E-state index is 12.2. The first-order valence-corrected chi connectivity index (χ1v) is 7.85. The number of carboxylic acid groups (broad SMARTS) is 1. The van der Waals surface area contributed by atoms with Crippen molar-refractivity contribution in [2.24, 2.45) is 0 Å². The molecule has 0 aliphatic carbocycles. The van der Waals surface area contributed by atoms with E-state index < -0.39 is 38.7 Å². The van der Waals surface area contributed by atoms with Crippen molar-refractivity contribution >= 4 is 27.6 Å². The summed E-state index contributed by atoms with van der Waals surface area (Å²) in [7, 11) is -1.27. The van der Waals surface area contributed by atoms with Crippen LogP contribution in [-0.4, -0.2) is 66.6 Å². The van der Waals surface area contributed by atoms with Crippen molar-refractivity contribution in [2.75, 3.05) is 19.9 Å². The zero-order chi connectivity index (χ0) is 16.8. The number of fused-ring (bicyclic) bond motifs is 1. The number of hydrogen-bond acceptors (Lipinski definition) is 6. The van der Waals surface area contributed by atoms with Crippen LogP contribution in [-0.2, 0) is 29.1 Å². The number of likely N-dealkylation sites (N-methyl/N-ethyl adjacent to an activating group) is 1. The van der Waals surface area contributed by atoms with Gasteiger partial charge in [-0.15, -0.1) is 0 Å². The van der Waals surface area contributed by atoms with Gasteiger partial charge in [0.2, 0.25) is 0 Å². The van der Waals surface area contributed by atoms with E-state index in [0.717, 1.165) is 11.1 Å². The largest absolute Gasteiger partial charge is 0.477 e. The van der Waals surface area contributed by atoms with Crippen LogP contribution in [0.2, 0.25) is 0 Å². The van der Waals surface area contributed by atoms with Crippen LogP contribution in [0.5, 0.6) is 0 Å². The van der Waals surface area contributed by atoms with Crippen LogP contribution in [0, 0.1) is 0 Å². The maximum Gasteiger partial charge on any atom is 0.352 e. The van der Waals surface area contributed by atoms with E-state index >= 15 is 0 Å². The number of amides is 2. The number of carbonyl (C=O) groups is 3. The van der Waals surface area contributed by atoms with Crippen LogP contribution >= 0.6 is 0 Å². The summed E-state index contributed by atoms with van der Waals surface area (Å²) >= 11 is 0. The summed E-state index contributed by atoms with van der Waals surface area (Å²) in [5.41, 5.74) is -0.536. The SMILES string of the molecule is CON(C)C(=O)/C=C1/C(=O)N2C(C(=O)O)=C(C)CS(=O)(=O)[C@H]12. The van der Waals surface area contributed by atoms with E-state index in [1.165, 1.54) is 21.1 Å². The number of carboxylic acids is 1. The Morgan fingerprint density at radius 3 is 2.55 bits per heavy atom. The molecule has 0 bridgehead atoms. The molecule has 0 saturated carbocycles. The van der Waals surface area contributed by atoms with E-state index in [-0.39, 0.29) is 16.8 Å². The number of sulfone groups is 1. The number of carbonyl (C=O) groups excluding carboxylic acids is 2. The fourth-order valence-electron chi connectivity index (χ4n) is 2.38. The Labute approximate surface area is 126 Å². The molecule has 0 radical (unpaired) electrons. The van der Waals surface area contributed by atoms with Gasteiger partial charge in [-0.3, -0.25) is 19.3 Å². The summed E-state index contributed by atoms with van der Waals surface area (Å²) in [5, 5.41) is 8.53.